The predicted octanol–water partition coefficient (Wildman–Crippen LogP) is 3.42. The number of hydrogen-bond acceptors (Lipinski definition) is 4. The first-order chi connectivity index (χ1) is 13.1. The van der Waals surface area contributed by atoms with Gasteiger partial charge in [0, 0.05) is 30.6 Å². The molecule has 1 aliphatic rings. The van der Waals surface area contributed by atoms with Crippen molar-refractivity contribution in [2.45, 2.75) is 25.2 Å². The lowest BCUT2D eigenvalue weighted by Gasteiger charge is -2.31. The SMILES string of the molecule is O=C(Cc1ccccc1[N+](=O)[O-])N1CCC(c2nc3ccccc3[nH]2)CC1. The minimum atomic E-state index is -0.434. The Kier molecular flexibility index (Phi) is 4.58. The van der Waals surface area contributed by atoms with Crippen LogP contribution in [0, 0.1) is 10.1 Å². The first-order valence-corrected chi connectivity index (χ1v) is 9.06. The number of rotatable bonds is 4. The topological polar surface area (TPSA) is 92.1 Å². The van der Waals surface area contributed by atoms with E-state index in [4.69, 9.17) is 0 Å². The van der Waals surface area contributed by atoms with Crippen LogP contribution in [0.5, 0.6) is 0 Å². The van der Waals surface area contributed by atoms with E-state index in [1.54, 1.807) is 23.1 Å². The van der Waals surface area contributed by atoms with E-state index in [9.17, 15) is 14.9 Å². The van der Waals surface area contributed by atoms with Gasteiger partial charge >= 0.3 is 0 Å². The largest absolute Gasteiger partial charge is 0.342 e. The number of amides is 1. The Balaban J connectivity index is 1.40. The number of carbonyl (C=O) groups excluding carboxylic acids is 1. The highest BCUT2D eigenvalue weighted by Gasteiger charge is 2.27. The molecule has 1 N–H and O–H groups in total. The zero-order chi connectivity index (χ0) is 18.8. The fourth-order valence-electron chi connectivity index (χ4n) is 3.68. The molecule has 2 heterocycles. The van der Waals surface area contributed by atoms with Crippen molar-refractivity contribution in [3.63, 3.8) is 0 Å². The van der Waals surface area contributed by atoms with Crippen LogP contribution in [0.25, 0.3) is 11.0 Å². The van der Waals surface area contributed by atoms with E-state index in [2.05, 4.69) is 9.97 Å². The second-order valence-corrected chi connectivity index (χ2v) is 6.86. The van der Waals surface area contributed by atoms with Crippen LogP contribution in [0.15, 0.2) is 48.5 Å². The van der Waals surface area contributed by atoms with Crippen LogP contribution in [-0.2, 0) is 11.2 Å². The van der Waals surface area contributed by atoms with Crippen LogP contribution in [0.1, 0.15) is 30.1 Å². The van der Waals surface area contributed by atoms with Gasteiger partial charge in [-0.25, -0.2) is 4.98 Å². The van der Waals surface area contributed by atoms with Crippen molar-refractivity contribution in [2.75, 3.05) is 13.1 Å². The van der Waals surface area contributed by atoms with Crippen molar-refractivity contribution >= 4 is 22.6 Å². The van der Waals surface area contributed by atoms with Crippen molar-refractivity contribution < 1.29 is 9.72 Å². The molecule has 0 spiro atoms. The van der Waals surface area contributed by atoms with Crippen LogP contribution in [0.2, 0.25) is 0 Å². The molecule has 7 nitrogen and oxygen atoms in total. The van der Waals surface area contributed by atoms with Gasteiger partial charge < -0.3 is 9.88 Å². The number of aromatic amines is 1. The first-order valence-electron chi connectivity index (χ1n) is 9.06. The quantitative estimate of drug-likeness (QED) is 0.567. The Hall–Kier alpha value is -3.22. The van der Waals surface area contributed by atoms with E-state index in [0.717, 1.165) is 29.7 Å². The van der Waals surface area contributed by atoms with Crippen molar-refractivity contribution in [3.8, 4) is 0 Å². The minimum Gasteiger partial charge on any atom is -0.342 e. The van der Waals surface area contributed by atoms with Gasteiger partial charge in [0.05, 0.1) is 22.4 Å². The molecule has 138 valence electrons. The Morgan fingerprint density at radius 1 is 1.15 bits per heavy atom. The first kappa shape index (κ1) is 17.2. The summed E-state index contributed by atoms with van der Waals surface area (Å²) in [6, 6.07) is 14.4. The third-order valence-corrected chi connectivity index (χ3v) is 5.17. The average molecular weight is 364 g/mol. The van der Waals surface area contributed by atoms with E-state index >= 15 is 0 Å². The lowest BCUT2D eigenvalue weighted by molar-refractivity contribution is -0.385. The number of aromatic nitrogens is 2. The lowest BCUT2D eigenvalue weighted by Crippen LogP contribution is -2.39. The van der Waals surface area contributed by atoms with E-state index in [0.29, 0.717) is 24.6 Å². The number of piperidine rings is 1. The molecule has 7 heteroatoms. The molecule has 1 aliphatic heterocycles. The van der Waals surface area contributed by atoms with Gasteiger partial charge in [-0.1, -0.05) is 30.3 Å². The lowest BCUT2D eigenvalue weighted by atomic mass is 9.95. The Labute approximate surface area is 156 Å². The molecule has 3 aromatic rings. The molecular formula is C20H20N4O3. The Morgan fingerprint density at radius 2 is 1.85 bits per heavy atom. The molecule has 0 bridgehead atoms. The summed E-state index contributed by atoms with van der Waals surface area (Å²) in [4.78, 5) is 33.1. The molecule has 0 radical (unpaired) electrons. The van der Waals surface area contributed by atoms with Crippen molar-refractivity contribution in [3.05, 3.63) is 70.0 Å². The van der Waals surface area contributed by atoms with Crippen LogP contribution in [0.3, 0.4) is 0 Å². The highest BCUT2D eigenvalue weighted by Crippen LogP contribution is 2.28. The second kappa shape index (κ2) is 7.19. The fraction of sp³-hybridized carbons (Fsp3) is 0.300. The molecule has 0 atom stereocenters. The summed E-state index contributed by atoms with van der Waals surface area (Å²) in [5, 5.41) is 11.1. The maximum absolute atomic E-state index is 12.6. The molecular weight excluding hydrogens is 344 g/mol. The summed E-state index contributed by atoms with van der Waals surface area (Å²) >= 11 is 0. The van der Waals surface area contributed by atoms with Crippen LogP contribution in [-0.4, -0.2) is 38.8 Å². The number of nitro groups is 1. The molecule has 27 heavy (non-hydrogen) atoms. The summed E-state index contributed by atoms with van der Waals surface area (Å²) < 4.78 is 0. The van der Waals surface area contributed by atoms with Gasteiger partial charge in [-0.15, -0.1) is 0 Å². The van der Waals surface area contributed by atoms with Crippen molar-refractivity contribution in [1.82, 2.24) is 14.9 Å². The Morgan fingerprint density at radius 3 is 2.59 bits per heavy atom. The number of H-pyrrole nitrogens is 1. The standard InChI is InChI=1S/C20H20N4O3/c25-19(13-15-5-1-4-8-18(15)24(26)27)23-11-9-14(10-12-23)20-21-16-6-2-3-7-17(16)22-20/h1-8,14H,9-13H2,(H,21,22). The number of fused-ring (bicyclic) bond motifs is 1. The van der Waals surface area contributed by atoms with Crippen molar-refractivity contribution in [1.29, 1.82) is 0 Å². The third-order valence-electron chi connectivity index (χ3n) is 5.17. The van der Waals surface area contributed by atoms with E-state index in [-0.39, 0.29) is 18.0 Å². The Bertz CT molecular complexity index is 957. The maximum atomic E-state index is 12.6. The summed E-state index contributed by atoms with van der Waals surface area (Å²) in [7, 11) is 0. The number of nitrogens with one attached hydrogen (secondary N) is 1. The van der Waals surface area contributed by atoms with Crippen LogP contribution in [0.4, 0.5) is 5.69 Å². The van der Waals surface area contributed by atoms with E-state index in [1.165, 1.54) is 6.07 Å². The summed E-state index contributed by atoms with van der Waals surface area (Å²) in [5.41, 5.74) is 2.46. The van der Waals surface area contributed by atoms with E-state index < -0.39 is 4.92 Å². The molecule has 0 saturated carbocycles. The molecule has 4 rings (SSSR count). The number of para-hydroxylation sites is 3. The highest BCUT2D eigenvalue weighted by molar-refractivity contribution is 5.80. The predicted molar refractivity (Wildman–Crippen MR) is 101 cm³/mol. The number of nitrogens with zero attached hydrogens (tertiary/aromatic N) is 3. The molecule has 1 amide bonds. The van der Waals surface area contributed by atoms with Gasteiger partial charge in [0.25, 0.3) is 5.69 Å². The summed E-state index contributed by atoms with van der Waals surface area (Å²) in [6.45, 7) is 1.28. The molecule has 0 unspecified atom stereocenters. The van der Waals surface area contributed by atoms with Gasteiger partial charge in [0.2, 0.25) is 5.91 Å². The average Bonchev–Trinajstić information content (AvgIpc) is 3.12. The monoisotopic (exact) mass is 364 g/mol. The number of hydrogen-bond donors (Lipinski definition) is 1. The number of carbonyl (C=O) groups is 1. The summed E-state index contributed by atoms with van der Waals surface area (Å²) in [6.07, 6.45) is 1.73. The molecule has 2 aromatic carbocycles. The van der Waals surface area contributed by atoms with E-state index in [1.807, 2.05) is 24.3 Å². The smallest absolute Gasteiger partial charge is 0.273 e. The fourth-order valence-corrected chi connectivity index (χ4v) is 3.68. The van der Waals surface area contributed by atoms with Gasteiger partial charge in [-0.3, -0.25) is 14.9 Å². The van der Waals surface area contributed by atoms with Gasteiger partial charge in [-0.05, 0) is 25.0 Å². The number of imidazole rings is 1. The van der Waals surface area contributed by atoms with Gasteiger partial charge in [-0.2, -0.15) is 0 Å². The molecule has 1 saturated heterocycles. The van der Waals surface area contributed by atoms with Gasteiger partial charge in [0.1, 0.15) is 5.82 Å². The number of benzene rings is 2. The molecule has 0 aliphatic carbocycles. The second-order valence-electron chi connectivity index (χ2n) is 6.86. The van der Waals surface area contributed by atoms with Crippen molar-refractivity contribution in [2.24, 2.45) is 0 Å². The normalized spacial score (nSPS) is 15.2. The minimum absolute atomic E-state index is 0.00279. The molecule has 1 aromatic heterocycles. The van der Waals surface area contributed by atoms with Crippen LogP contribution >= 0.6 is 0 Å². The zero-order valence-corrected chi connectivity index (χ0v) is 14.8. The van der Waals surface area contributed by atoms with Gasteiger partial charge in [0.15, 0.2) is 0 Å². The summed E-state index contributed by atoms with van der Waals surface area (Å²) in [5.74, 6) is 1.21. The number of nitro benzene ring substituents is 1. The number of likely N-dealkylation sites (tertiary alicyclic amines) is 1. The highest BCUT2D eigenvalue weighted by atomic mass is 16.6. The zero-order valence-electron chi connectivity index (χ0n) is 14.8. The maximum Gasteiger partial charge on any atom is 0.273 e. The molecule has 1 fully saturated rings. The van der Waals surface area contributed by atoms with Crippen LogP contribution < -0.4 is 0 Å². The third kappa shape index (κ3) is 3.53.